The zero-order valence-corrected chi connectivity index (χ0v) is 11.9. The van der Waals surface area contributed by atoms with Crippen molar-refractivity contribution in [3.05, 3.63) is 29.8 Å². The van der Waals surface area contributed by atoms with E-state index in [0.717, 1.165) is 24.2 Å². The first-order valence-electron chi connectivity index (χ1n) is 6.70. The van der Waals surface area contributed by atoms with Crippen LogP contribution in [-0.2, 0) is 20.7 Å². The fraction of sp³-hybridized carbons (Fsp3) is 0.467. The Kier molecular flexibility index (Phi) is 7.17. The fourth-order valence-corrected chi connectivity index (χ4v) is 1.73. The summed E-state index contributed by atoms with van der Waals surface area (Å²) in [5.74, 6) is 0.348. The predicted molar refractivity (Wildman–Crippen MR) is 75.6 cm³/mol. The van der Waals surface area contributed by atoms with E-state index >= 15 is 0 Å². The third-order valence-corrected chi connectivity index (χ3v) is 2.88. The summed E-state index contributed by atoms with van der Waals surface area (Å²) in [5.41, 5.74) is 0.928. The van der Waals surface area contributed by atoms with Crippen molar-refractivity contribution in [2.45, 2.75) is 32.2 Å². The highest BCUT2D eigenvalue weighted by Crippen LogP contribution is 2.14. The van der Waals surface area contributed by atoms with E-state index < -0.39 is 12.0 Å². The molecule has 1 amide bonds. The minimum Gasteiger partial charge on any atom is -0.494 e. The number of esters is 1. The van der Waals surface area contributed by atoms with Gasteiger partial charge in [-0.3, -0.25) is 4.79 Å². The van der Waals surface area contributed by atoms with Crippen LogP contribution in [0.2, 0.25) is 0 Å². The number of amides is 1. The summed E-state index contributed by atoms with van der Waals surface area (Å²) in [7, 11) is 1.30. The number of benzene rings is 1. The van der Waals surface area contributed by atoms with E-state index in [1.54, 1.807) is 0 Å². The van der Waals surface area contributed by atoms with Gasteiger partial charge in [-0.1, -0.05) is 25.5 Å². The molecule has 0 heterocycles. The average Bonchev–Trinajstić information content (AvgIpc) is 2.48. The van der Waals surface area contributed by atoms with Crippen LogP contribution in [0.25, 0.3) is 0 Å². The van der Waals surface area contributed by atoms with Gasteiger partial charge in [-0.05, 0) is 24.1 Å². The third-order valence-electron chi connectivity index (χ3n) is 2.88. The highest BCUT2D eigenvalue weighted by atomic mass is 16.5. The molecule has 5 nitrogen and oxygen atoms in total. The number of carbonyl (C=O) groups excluding carboxylic acids is 2. The van der Waals surface area contributed by atoms with E-state index in [4.69, 9.17) is 4.74 Å². The first-order chi connectivity index (χ1) is 9.71. The normalized spacial score (nSPS) is 11.5. The van der Waals surface area contributed by atoms with Crippen LogP contribution in [0.3, 0.4) is 0 Å². The molecule has 1 atom stereocenters. The maximum atomic E-state index is 11.5. The Bertz CT molecular complexity index is 416. The highest BCUT2D eigenvalue weighted by Gasteiger charge is 2.18. The molecular weight excluding hydrogens is 258 g/mol. The minimum atomic E-state index is -0.663. The molecule has 0 aliphatic heterocycles. The molecule has 0 aliphatic rings. The maximum absolute atomic E-state index is 11.5. The first-order valence-corrected chi connectivity index (χ1v) is 6.70. The average molecular weight is 279 g/mol. The molecular formula is C15H21NO4. The van der Waals surface area contributed by atoms with Crippen LogP contribution < -0.4 is 10.1 Å². The molecule has 1 rings (SSSR count). The predicted octanol–water partition coefficient (Wildman–Crippen LogP) is 1.70. The van der Waals surface area contributed by atoms with Gasteiger partial charge in [0.2, 0.25) is 6.41 Å². The van der Waals surface area contributed by atoms with E-state index in [9.17, 15) is 9.59 Å². The van der Waals surface area contributed by atoms with Gasteiger partial charge in [0.1, 0.15) is 11.8 Å². The molecule has 0 bridgehead atoms. The van der Waals surface area contributed by atoms with Crippen LogP contribution in [-0.4, -0.2) is 32.1 Å². The molecule has 1 unspecified atom stereocenters. The van der Waals surface area contributed by atoms with Crippen molar-refractivity contribution in [3.63, 3.8) is 0 Å². The Morgan fingerprint density at radius 3 is 2.60 bits per heavy atom. The van der Waals surface area contributed by atoms with E-state index in [-0.39, 0.29) is 0 Å². The largest absolute Gasteiger partial charge is 0.494 e. The van der Waals surface area contributed by atoms with Crippen molar-refractivity contribution in [2.24, 2.45) is 0 Å². The van der Waals surface area contributed by atoms with Crippen LogP contribution in [0, 0.1) is 0 Å². The van der Waals surface area contributed by atoms with Gasteiger partial charge in [0, 0.05) is 6.42 Å². The molecule has 0 saturated heterocycles. The van der Waals surface area contributed by atoms with E-state index in [1.165, 1.54) is 7.11 Å². The summed E-state index contributed by atoms with van der Waals surface area (Å²) in [6.45, 7) is 2.81. The number of hydrogen-bond acceptors (Lipinski definition) is 4. The van der Waals surface area contributed by atoms with Gasteiger partial charge < -0.3 is 14.8 Å². The molecule has 0 saturated carbocycles. The standard InChI is InChI=1S/C15H21NO4/c1-3-4-9-20-13-7-5-12(6-8-13)10-14(16-11-17)15(18)19-2/h5-8,11,14H,3-4,9-10H2,1-2H3,(H,16,17). The zero-order chi connectivity index (χ0) is 14.8. The van der Waals surface area contributed by atoms with Crippen molar-refractivity contribution in [2.75, 3.05) is 13.7 Å². The van der Waals surface area contributed by atoms with Gasteiger partial charge in [0.05, 0.1) is 13.7 Å². The van der Waals surface area contributed by atoms with Gasteiger partial charge in [0.25, 0.3) is 0 Å². The summed E-state index contributed by atoms with van der Waals surface area (Å²) >= 11 is 0. The second-order valence-electron chi connectivity index (χ2n) is 4.41. The molecule has 0 radical (unpaired) electrons. The number of hydrogen-bond donors (Lipinski definition) is 1. The Labute approximate surface area is 119 Å². The monoisotopic (exact) mass is 279 g/mol. The van der Waals surface area contributed by atoms with Crippen molar-refractivity contribution in [3.8, 4) is 5.75 Å². The topological polar surface area (TPSA) is 64.6 Å². The lowest BCUT2D eigenvalue weighted by Gasteiger charge is -2.14. The van der Waals surface area contributed by atoms with E-state index in [2.05, 4.69) is 17.0 Å². The second kappa shape index (κ2) is 8.96. The number of rotatable bonds is 9. The van der Waals surface area contributed by atoms with Crippen LogP contribution in [0.4, 0.5) is 0 Å². The lowest BCUT2D eigenvalue weighted by atomic mass is 10.1. The van der Waals surface area contributed by atoms with Gasteiger partial charge in [-0.2, -0.15) is 0 Å². The van der Waals surface area contributed by atoms with Crippen LogP contribution >= 0.6 is 0 Å². The van der Waals surface area contributed by atoms with Crippen molar-refractivity contribution < 1.29 is 19.1 Å². The van der Waals surface area contributed by atoms with Crippen LogP contribution in [0.15, 0.2) is 24.3 Å². The minimum absolute atomic E-state index is 0.390. The lowest BCUT2D eigenvalue weighted by molar-refractivity contribution is -0.144. The second-order valence-corrected chi connectivity index (χ2v) is 4.41. The molecule has 1 N–H and O–H groups in total. The summed E-state index contributed by atoms with van der Waals surface area (Å²) in [4.78, 5) is 22.0. The number of nitrogens with one attached hydrogen (secondary N) is 1. The summed E-state index contributed by atoms with van der Waals surface area (Å²) in [5, 5.41) is 2.45. The highest BCUT2D eigenvalue weighted by molar-refractivity contribution is 5.78. The maximum Gasteiger partial charge on any atom is 0.328 e. The summed E-state index contributed by atoms with van der Waals surface area (Å²) in [6.07, 6.45) is 3.01. The smallest absolute Gasteiger partial charge is 0.328 e. The molecule has 1 aromatic rings. The molecule has 20 heavy (non-hydrogen) atoms. The summed E-state index contributed by atoms with van der Waals surface area (Å²) < 4.78 is 10.2. The van der Waals surface area contributed by atoms with Crippen molar-refractivity contribution in [1.82, 2.24) is 5.32 Å². The number of ether oxygens (including phenoxy) is 2. The van der Waals surface area contributed by atoms with Gasteiger partial charge in [-0.25, -0.2) is 4.79 Å². The number of methoxy groups -OCH3 is 1. The number of unbranched alkanes of at least 4 members (excludes halogenated alkanes) is 1. The molecule has 0 spiro atoms. The van der Waals surface area contributed by atoms with E-state index in [0.29, 0.717) is 19.4 Å². The first kappa shape index (κ1) is 16.0. The Hall–Kier alpha value is -2.04. The number of carbonyl (C=O) groups is 2. The van der Waals surface area contributed by atoms with Crippen molar-refractivity contribution >= 4 is 12.4 Å². The summed E-state index contributed by atoms with van der Waals surface area (Å²) in [6, 6.07) is 6.82. The SMILES string of the molecule is CCCCOc1ccc(CC(NC=O)C(=O)OC)cc1. The van der Waals surface area contributed by atoms with Crippen LogP contribution in [0.1, 0.15) is 25.3 Å². The molecule has 5 heteroatoms. The van der Waals surface area contributed by atoms with Crippen molar-refractivity contribution in [1.29, 1.82) is 0 Å². The molecule has 0 aromatic heterocycles. The van der Waals surface area contributed by atoms with Gasteiger partial charge in [0.15, 0.2) is 0 Å². The Balaban J connectivity index is 2.58. The van der Waals surface area contributed by atoms with Gasteiger partial charge >= 0.3 is 5.97 Å². The molecule has 0 aliphatic carbocycles. The van der Waals surface area contributed by atoms with Crippen LogP contribution in [0.5, 0.6) is 5.75 Å². The molecule has 110 valence electrons. The van der Waals surface area contributed by atoms with E-state index in [1.807, 2.05) is 24.3 Å². The molecule has 0 fully saturated rings. The van der Waals surface area contributed by atoms with Gasteiger partial charge in [-0.15, -0.1) is 0 Å². The Morgan fingerprint density at radius 2 is 2.05 bits per heavy atom. The quantitative estimate of drug-likeness (QED) is 0.424. The Morgan fingerprint density at radius 1 is 1.35 bits per heavy atom. The molecule has 1 aromatic carbocycles. The fourth-order valence-electron chi connectivity index (χ4n) is 1.73. The lowest BCUT2D eigenvalue weighted by Crippen LogP contribution is -2.38. The zero-order valence-electron chi connectivity index (χ0n) is 11.9. The third kappa shape index (κ3) is 5.30.